The van der Waals surface area contributed by atoms with Crippen molar-refractivity contribution < 1.29 is 14.0 Å². The van der Waals surface area contributed by atoms with Crippen LogP contribution in [0.1, 0.15) is 35.2 Å². The van der Waals surface area contributed by atoms with Gasteiger partial charge in [0.2, 0.25) is 5.91 Å². The Kier molecular flexibility index (Phi) is 6.30. The second-order valence-electron chi connectivity index (χ2n) is 7.60. The van der Waals surface area contributed by atoms with Gasteiger partial charge < -0.3 is 21.3 Å². The quantitative estimate of drug-likeness (QED) is 0.519. The minimum absolute atomic E-state index is 0.145. The number of nitrogens with two attached hydrogens (primary N) is 1. The summed E-state index contributed by atoms with van der Waals surface area (Å²) in [6.07, 6.45) is 3.91. The van der Waals surface area contributed by atoms with Gasteiger partial charge in [-0.15, -0.1) is 0 Å². The molecule has 0 radical (unpaired) electrons. The fraction of sp³-hybridized carbons (Fsp3) is 0.208. The fourth-order valence-electron chi connectivity index (χ4n) is 3.65. The third kappa shape index (κ3) is 4.85. The molecule has 2 aromatic carbocycles. The third-order valence-electron chi connectivity index (χ3n) is 5.37. The molecule has 0 unspecified atom stereocenters. The molecule has 3 aromatic rings. The molecule has 0 bridgehead atoms. The van der Waals surface area contributed by atoms with Crippen molar-refractivity contribution in [3.05, 3.63) is 77.7 Å². The highest BCUT2D eigenvalue weighted by molar-refractivity contribution is 5.98. The van der Waals surface area contributed by atoms with Gasteiger partial charge in [-0.05, 0) is 43.2 Å². The Hall–Kier alpha value is -3.94. The van der Waals surface area contributed by atoms with E-state index in [1.807, 2.05) is 24.3 Å². The molecule has 2 amide bonds. The number of aromatic nitrogens is 1. The summed E-state index contributed by atoms with van der Waals surface area (Å²) in [5, 5.41) is 6.25. The van der Waals surface area contributed by atoms with E-state index in [-0.39, 0.29) is 23.8 Å². The second kappa shape index (κ2) is 9.47. The van der Waals surface area contributed by atoms with Gasteiger partial charge in [0.05, 0.1) is 11.3 Å². The number of hydrogen-bond donors (Lipinski definition) is 3. The van der Waals surface area contributed by atoms with Crippen LogP contribution in [0.25, 0.3) is 0 Å². The number of piperidine rings is 1. The first kappa shape index (κ1) is 21.3. The van der Waals surface area contributed by atoms with Gasteiger partial charge in [0.15, 0.2) is 0 Å². The zero-order chi connectivity index (χ0) is 22.5. The number of benzene rings is 2. The number of nitrogens with zero attached hydrogens (tertiary/aromatic N) is 2. The van der Waals surface area contributed by atoms with Crippen molar-refractivity contribution in [3.8, 4) is 0 Å². The largest absolute Gasteiger partial charge is 0.380 e. The summed E-state index contributed by atoms with van der Waals surface area (Å²) in [6.45, 7) is 0.924. The van der Waals surface area contributed by atoms with E-state index in [2.05, 4.69) is 15.6 Å². The molecular formula is C24H24FN5O2. The molecule has 1 aliphatic heterocycles. The van der Waals surface area contributed by atoms with Crippen molar-refractivity contribution >= 4 is 34.7 Å². The van der Waals surface area contributed by atoms with Gasteiger partial charge in [-0.3, -0.25) is 9.59 Å². The third-order valence-corrected chi connectivity index (χ3v) is 5.37. The van der Waals surface area contributed by atoms with Gasteiger partial charge in [0.25, 0.3) is 5.91 Å². The molecule has 1 aromatic heterocycles. The van der Waals surface area contributed by atoms with E-state index in [1.54, 1.807) is 29.2 Å². The van der Waals surface area contributed by atoms with Crippen LogP contribution >= 0.6 is 0 Å². The molecule has 1 saturated heterocycles. The summed E-state index contributed by atoms with van der Waals surface area (Å²) in [5.74, 6) is -0.324. The predicted molar refractivity (Wildman–Crippen MR) is 122 cm³/mol. The maximum absolute atomic E-state index is 13.9. The highest BCUT2D eigenvalue weighted by Gasteiger charge is 2.19. The fourth-order valence-corrected chi connectivity index (χ4v) is 3.65. The first-order valence-corrected chi connectivity index (χ1v) is 10.5. The molecule has 1 fully saturated rings. The molecule has 1 aliphatic rings. The van der Waals surface area contributed by atoms with Crippen LogP contribution in [0.3, 0.4) is 0 Å². The van der Waals surface area contributed by atoms with Crippen LogP contribution in [-0.2, 0) is 11.3 Å². The second-order valence-corrected chi connectivity index (χ2v) is 7.60. The highest BCUT2D eigenvalue weighted by Crippen LogP contribution is 2.26. The number of carbonyl (C=O) groups excluding carboxylic acids is 2. The molecule has 0 aliphatic carbocycles. The van der Waals surface area contributed by atoms with E-state index in [1.165, 1.54) is 12.3 Å². The molecule has 4 N–H and O–H groups in total. The number of halogens is 1. The molecular weight excluding hydrogens is 409 g/mol. The minimum atomic E-state index is -0.629. The molecule has 7 nitrogen and oxygen atoms in total. The van der Waals surface area contributed by atoms with Crippen LogP contribution in [0.4, 0.5) is 27.3 Å². The number of amides is 2. The molecule has 4 rings (SSSR count). The number of pyridine rings is 1. The molecule has 0 saturated carbocycles. The van der Waals surface area contributed by atoms with Crippen LogP contribution in [0.15, 0.2) is 60.8 Å². The van der Waals surface area contributed by atoms with E-state index in [4.69, 9.17) is 5.73 Å². The van der Waals surface area contributed by atoms with E-state index in [0.717, 1.165) is 30.8 Å². The Labute approximate surface area is 185 Å². The lowest BCUT2D eigenvalue weighted by Crippen LogP contribution is -2.35. The first-order chi connectivity index (χ1) is 15.5. The zero-order valence-electron chi connectivity index (χ0n) is 17.5. The number of rotatable bonds is 7. The number of hydrogen-bond acceptors (Lipinski definition) is 5. The summed E-state index contributed by atoms with van der Waals surface area (Å²) in [7, 11) is 0. The average molecular weight is 433 g/mol. The van der Waals surface area contributed by atoms with E-state index in [0.29, 0.717) is 23.5 Å². The molecule has 8 heteroatoms. The zero-order valence-corrected chi connectivity index (χ0v) is 17.5. The van der Waals surface area contributed by atoms with E-state index >= 15 is 0 Å². The Morgan fingerprint density at radius 1 is 1.12 bits per heavy atom. The molecule has 0 atom stereocenters. The lowest BCUT2D eigenvalue weighted by Gasteiger charge is -2.26. The predicted octanol–water partition coefficient (Wildman–Crippen LogP) is 4.19. The smallest absolute Gasteiger partial charge is 0.252 e. The monoisotopic (exact) mass is 433 g/mol. The van der Waals surface area contributed by atoms with Crippen molar-refractivity contribution in [2.24, 2.45) is 5.73 Å². The Morgan fingerprint density at radius 2 is 1.91 bits per heavy atom. The van der Waals surface area contributed by atoms with E-state index in [9.17, 15) is 14.0 Å². The normalized spacial score (nSPS) is 13.7. The summed E-state index contributed by atoms with van der Waals surface area (Å²) >= 11 is 0. The topological polar surface area (TPSA) is 100 Å². The maximum Gasteiger partial charge on any atom is 0.252 e. The van der Waals surface area contributed by atoms with Crippen molar-refractivity contribution in [2.75, 3.05) is 22.1 Å². The van der Waals surface area contributed by atoms with Crippen LogP contribution in [0.5, 0.6) is 0 Å². The number of primary amides is 1. The van der Waals surface area contributed by atoms with E-state index < -0.39 is 5.91 Å². The summed E-state index contributed by atoms with van der Waals surface area (Å²) in [5.41, 5.74) is 8.25. The SMILES string of the molecule is NC(=O)c1cnc(Nc2ccc(N3CCCCC3=O)cc2)cc1NCc1ccccc1F. The standard InChI is InChI=1S/C24H24FN5O2/c25-20-6-2-1-5-16(20)14-27-21-13-22(28-15-19(21)24(26)32)29-17-8-10-18(11-9-17)30-12-4-3-7-23(30)31/h1-2,5-6,8-11,13,15H,3-4,7,12,14H2,(H2,26,32)(H2,27,28,29). The van der Waals surface area contributed by atoms with Crippen LogP contribution in [0, 0.1) is 5.82 Å². The van der Waals surface area contributed by atoms with Crippen molar-refractivity contribution in [3.63, 3.8) is 0 Å². The van der Waals surface area contributed by atoms with Gasteiger partial charge in [0, 0.05) is 48.7 Å². The lowest BCUT2D eigenvalue weighted by molar-refractivity contribution is -0.119. The number of carbonyl (C=O) groups is 2. The van der Waals surface area contributed by atoms with Crippen LogP contribution in [0.2, 0.25) is 0 Å². The van der Waals surface area contributed by atoms with Crippen molar-refractivity contribution in [1.82, 2.24) is 4.98 Å². The van der Waals surface area contributed by atoms with Gasteiger partial charge in [-0.1, -0.05) is 18.2 Å². The van der Waals surface area contributed by atoms with Crippen LogP contribution < -0.4 is 21.3 Å². The lowest BCUT2D eigenvalue weighted by atomic mass is 10.1. The summed E-state index contributed by atoms with van der Waals surface area (Å²) in [6, 6.07) is 15.6. The number of anilines is 4. The molecule has 0 spiro atoms. The van der Waals surface area contributed by atoms with Gasteiger partial charge >= 0.3 is 0 Å². The minimum Gasteiger partial charge on any atom is -0.380 e. The molecule has 164 valence electrons. The summed E-state index contributed by atoms with van der Waals surface area (Å²) < 4.78 is 13.9. The van der Waals surface area contributed by atoms with Crippen molar-refractivity contribution in [2.45, 2.75) is 25.8 Å². The molecule has 2 heterocycles. The first-order valence-electron chi connectivity index (χ1n) is 10.5. The van der Waals surface area contributed by atoms with Gasteiger partial charge in [-0.2, -0.15) is 0 Å². The Bertz CT molecular complexity index is 1130. The van der Waals surface area contributed by atoms with Gasteiger partial charge in [0.1, 0.15) is 11.6 Å². The number of nitrogens with one attached hydrogen (secondary N) is 2. The average Bonchev–Trinajstić information content (AvgIpc) is 2.79. The highest BCUT2D eigenvalue weighted by atomic mass is 19.1. The Balaban J connectivity index is 1.50. The molecule has 32 heavy (non-hydrogen) atoms. The van der Waals surface area contributed by atoms with Crippen molar-refractivity contribution in [1.29, 1.82) is 0 Å². The van der Waals surface area contributed by atoms with Gasteiger partial charge in [-0.25, -0.2) is 9.37 Å². The maximum atomic E-state index is 13.9. The Morgan fingerprint density at radius 3 is 2.62 bits per heavy atom. The van der Waals surface area contributed by atoms with Crippen LogP contribution in [-0.4, -0.2) is 23.3 Å². The summed E-state index contributed by atoms with van der Waals surface area (Å²) in [4.78, 5) is 30.0.